The first-order chi connectivity index (χ1) is 10.1. The molecule has 0 aromatic heterocycles. The van der Waals surface area contributed by atoms with E-state index in [1.807, 2.05) is 6.07 Å². The molecule has 0 atom stereocenters. The van der Waals surface area contributed by atoms with Crippen molar-refractivity contribution in [1.29, 1.82) is 5.26 Å². The first-order valence-electron chi connectivity index (χ1n) is 6.06. The van der Waals surface area contributed by atoms with E-state index in [0.717, 1.165) is 0 Å². The summed E-state index contributed by atoms with van der Waals surface area (Å²) in [5.74, 6) is 0.116. The normalized spacial score (nSPS) is 10.2. The van der Waals surface area contributed by atoms with Crippen LogP contribution in [-0.2, 0) is 6.54 Å². The van der Waals surface area contributed by atoms with Gasteiger partial charge in [0.25, 0.3) is 0 Å². The third kappa shape index (κ3) is 4.07. The molecule has 0 aliphatic carbocycles. The van der Waals surface area contributed by atoms with Crippen molar-refractivity contribution in [1.82, 2.24) is 0 Å². The zero-order valence-corrected chi connectivity index (χ0v) is 11.6. The fourth-order valence-corrected chi connectivity index (χ4v) is 2.03. The van der Waals surface area contributed by atoms with Gasteiger partial charge in [0.05, 0.1) is 22.3 Å². The monoisotopic (exact) mass is 308 g/mol. The van der Waals surface area contributed by atoms with Crippen molar-refractivity contribution < 1.29 is 13.5 Å². The van der Waals surface area contributed by atoms with E-state index < -0.39 is 6.61 Å². The molecule has 0 saturated heterocycles. The summed E-state index contributed by atoms with van der Waals surface area (Å²) in [5, 5.41) is 12.2. The number of hydrogen-bond donors (Lipinski definition) is 1. The Balaban J connectivity index is 2.12. The molecule has 0 radical (unpaired) electrons. The van der Waals surface area contributed by atoms with Crippen LogP contribution in [0.1, 0.15) is 11.1 Å². The second kappa shape index (κ2) is 6.91. The minimum absolute atomic E-state index is 0.116. The standard InChI is InChI=1S/C15H11ClF2N2O/c16-12-7-10(8-19)5-6-13(12)20-9-11-3-1-2-4-14(11)21-15(17)18/h1-7,15,20H,9H2. The van der Waals surface area contributed by atoms with Crippen LogP contribution in [0.2, 0.25) is 5.02 Å². The molecule has 21 heavy (non-hydrogen) atoms. The smallest absolute Gasteiger partial charge is 0.387 e. The van der Waals surface area contributed by atoms with Crippen molar-refractivity contribution >= 4 is 17.3 Å². The number of para-hydroxylation sites is 1. The molecule has 2 rings (SSSR count). The van der Waals surface area contributed by atoms with Crippen LogP contribution in [0.5, 0.6) is 5.75 Å². The van der Waals surface area contributed by atoms with E-state index in [9.17, 15) is 8.78 Å². The molecule has 0 aliphatic heterocycles. The van der Waals surface area contributed by atoms with Gasteiger partial charge in [0.2, 0.25) is 0 Å². The highest BCUT2D eigenvalue weighted by Gasteiger charge is 2.09. The van der Waals surface area contributed by atoms with Crippen LogP contribution >= 0.6 is 11.6 Å². The first-order valence-corrected chi connectivity index (χ1v) is 6.44. The molecule has 0 saturated carbocycles. The Kier molecular flexibility index (Phi) is 4.96. The molecular formula is C15H11ClF2N2O. The van der Waals surface area contributed by atoms with Gasteiger partial charge in [-0.3, -0.25) is 0 Å². The molecule has 6 heteroatoms. The van der Waals surface area contributed by atoms with Crippen LogP contribution in [0.3, 0.4) is 0 Å². The van der Waals surface area contributed by atoms with E-state index >= 15 is 0 Å². The summed E-state index contributed by atoms with van der Waals surface area (Å²) in [6, 6.07) is 13.3. The third-order valence-corrected chi connectivity index (χ3v) is 3.07. The van der Waals surface area contributed by atoms with Gasteiger partial charge in [-0.15, -0.1) is 0 Å². The molecule has 2 aromatic carbocycles. The zero-order chi connectivity index (χ0) is 15.2. The van der Waals surface area contributed by atoms with E-state index in [2.05, 4.69) is 10.1 Å². The molecule has 0 spiro atoms. The largest absolute Gasteiger partial charge is 0.434 e. The molecule has 3 nitrogen and oxygen atoms in total. The van der Waals surface area contributed by atoms with E-state index in [1.54, 1.807) is 30.3 Å². The lowest BCUT2D eigenvalue weighted by Crippen LogP contribution is -2.07. The minimum Gasteiger partial charge on any atom is -0.434 e. The molecule has 2 aromatic rings. The van der Waals surface area contributed by atoms with Crippen LogP contribution in [0.4, 0.5) is 14.5 Å². The van der Waals surface area contributed by atoms with Crippen LogP contribution in [0, 0.1) is 11.3 Å². The predicted octanol–water partition coefficient (Wildman–Crippen LogP) is 4.43. The van der Waals surface area contributed by atoms with Crippen molar-refractivity contribution in [2.75, 3.05) is 5.32 Å². The van der Waals surface area contributed by atoms with E-state index in [0.29, 0.717) is 21.8 Å². The number of alkyl halides is 2. The molecule has 0 heterocycles. The minimum atomic E-state index is -2.87. The average Bonchev–Trinajstić information content (AvgIpc) is 2.46. The summed E-state index contributed by atoms with van der Waals surface area (Å²) in [7, 11) is 0. The topological polar surface area (TPSA) is 45.0 Å². The summed E-state index contributed by atoms with van der Waals surface area (Å²) in [4.78, 5) is 0. The summed E-state index contributed by atoms with van der Waals surface area (Å²) >= 11 is 6.03. The molecule has 108 valence electrons. The van der Waals surface area contributed by atoms with Gasteiger partial charge < -0.3 is 10.1 Å². The summed E-state index contributed by atoms with van der Waals surface area (Å²) in [5.41, 5.74) is 1.65. The van der Waals surface area contributed by atoms with Crippen LogP contribution < -0.4 is 10.1 Å². The predicted molar refractivity (Wildman–Crippen MR) is 76.6 cm³/mol. The van der Waals surface area contributed by atoms with Crippen molar-refractivity contribution in [2.24, 2.45) is 0 Å². The lowest BCUT2D eigenvalue weighted by molar-refractivity contribution is -0.0504. The van der Waals surface area contributed by atoms with Gasteiger partial charge in [-0.25, -0.2) is 0 Å². The molecule has 0 amide bonds. The van der Waals surface area contributed by atoms with Gasteiger partial charge in [0.15, 0.2) is 0 Å². The number of ether oxygens (including phenoxy) is 1. The van der Waals surface area contributed by atoms with Crippen LogP contribution in [0.25, 0.3) is 0 Å². The van der Waals surface area contributed by atoms with Gasteiger partial charge in [0, 0.05) is 12.1 Å². The van der Waals surface area contributed by atoms with Gasteiger partial charge >= 0.3 is 6.61 Å². The van der Waals surface area contributed by atoms with Crippen LogP contribution in [-0.4, -0.2) is 6.61 Å². The number of halogens is 3. The second-order valence-corrected chi connectivity index (χ2v) is 4.55. The highest BCUT2D eigenvalue weighted by Crippen LogP contribution is 2.25. The maximum absolute atomic E-state index is 12.3. The highest BCUT2D eigenvalue weighted by molar-refractivity contribution is 6.33. The molecule has 0 unspecified atom stereocenters. The Morgan fingerprint density at radius 3 is 2.67 bits per heavy atom. The number of nitriles is 1. The zero-order valence-electron chi connectivity index (χ0n) is 10.8. The van der Waals surface area contributed by atoms with E-state index in [4.69, 9.17) is 16.9 Å². The number of hydrogen-bond acceptors (Lipinski definition) is 3. The maximum Gasteiger partial charge on any atom is 0.387 e. The van der Waals surface area contributed by atoms with E-state index in [1.165, 1.54) is 12.1 Å². The molecule has 0 aliphatic rings. The fourth-order valence-electron chi connectivity index (χ4n) is 1.78. The van der Waals surface area contributed by atoms with Gasteiger partial charge in [0.1, 0.15) is 5.75 Å². The second-order valence-electron chi connectivity index (χ2n) is 4.15. The molecule has 0 bridgehead atoms. The van der Waals surface area contributed by atoms with Crippen molar-refractivity contribution in [3.8, 4) is 11.8 Å². The lowest BCUT2D eigenvalue weighted by atomic mass is 10.2. The maximum atomic E-state index is 12.3. The molecule has 1 N–H and O–H groups in total. The number of anilines is 1. The average molecular weight is 309 g/mol. The van der Waals surface area contributed by atoms with Gasteiger partial charge in [-0.2, -0.15) is 14.0 Å². The van der Waals surface area contributed by atoms with Gasteiger partial charge in [-0.05, 0) is 24.3 Å². The molecular weight excluding hydrogens is 298 g/mol. The highest BCUT2D eigenvalue weighted by atomic mass is 35.5. The van der Waals surface area contributed by atoms with Crippen LogP contribution in [0.15, 0.2) is 42.5 Å². The fraction of sp³-hybridized carbons (Fsp3) is 0.133. The Morgan fingerprint density at radius 2 is 2.00 bits per heavy atom. The van der Waals surface area contributed by atoms with Crippen molar-refractivity contribution in [2.45, 2.75) is 13.2 Å². The Bertz CT molecular complexity index is 671. The number of rotatable bonds is 5. The Hall–Kier alpha value is -2.32. The van der Waals surface area contributed by atoms with Crippen molar-refractivity contribution in [3.05, 3.63) is 58.6 Å². The summed E-state index contributed by atoms with van der Waals surface area (Å²) in [6.45, 7) is -2.60. The molecule has 0 fully saturated rings. The summed E-state index contributed by atoms with van der Waals surface area (Å²) < 4.78 is 29.1. The SMILES string of the molecule is N#Cc1ccc(NCc2ccccc2OC(F)F)c(Cl)c1. The lowest BCUT2D eigenvalue weighted by Gasteiger charge is -2.13. The third-order valence-electron chi connectivity index (χ3n) is 2.76. The number of nitrogens with one attached hydrogen (secondary N) is 1. The van der Waals surface area contributed by atoms with Crippen molar-refractivity contribution in [3.63, 3.8) is 0 Å². The quantitative estimate of drug-likeness (QED) is 0.889. The Labute approximate surface area is 125 Å². The van der Waals surface area contributed by atoms with E-state index in [-0.39, 0.29) is 12.3 Å². The van der Waals surface area contributed by atoms with Gasteiger partial charge in [-0.1, -0.05) is 29.8 Å². The summed E-state index contributed by atoms with van der Waals surface area (Å²) in [6.07, 6.45) is 0. The number of benzene rings is 2. The number of nitrogens with zero attached hydrogens (tertiary/aromatic N) is 1. The Morgan fingerprint density at radius 1 is 1.24 bits per heavy atom. The first kappa shape index (κ1) is 15.1.